The van der Waals surface area contributed by atoms with Gasteiger partial charge in [-0.3, -0.25) is 4.18 Å². The predicted molar refractivity (Wildman–Crippen MR) is 58.7 cm³/mol. The molecule has 0 saturated heterocycles. The summed E-state index contributed by atoms with van der Waals surface area (Å²) in [5.41, 5.74) is 0.107. The van der Waals surface area contributed by atoms with Crippen molar-refractivity contribution in [2.45, 2.75) is 6.92 Å². The van der Waals surface area contributed by atoms with E-state index in [4.69, 9.17) is 0 Å². The normalized spacial score (nSPS) is 12.1. The number of hydrogen-bond acceptors (Lipinski definition) is 7. The van der Waals surface area contributed by atoms with E-state index in [-0.39, 0.29) is 5.57 Å². The van der Waals surface area contributed by atoms with E-state index in [0.717, 1.165) is 4.13 Å². The van der Waals surface area contributed by atoms with E-state index in [1.165, 1.54) is 6.92 Å². The molecule has 0 amide bonds. The van der Waals surface area contributed by atoms with E-state index >= 15 is 0 Å². The van der Waals surface area contributed by atoms with Crippen molar-refractivity contribution < 1.29 is 34.9 Å². The largest absolute Gasteiger partial charge is 0.460 e. The molecule has 0 rings (SSSR count). The number of carbonyl (C=O) groups excluding carboxylic acids is 1. The van der Waals surface area contributed by atoms with Crippen molar-refractivity contribution in [3.63, 3.8) is 0 Å². The summed E-state index contributed by atoms with van der Waals surface area (Å²) in [7, 11) is -9.26. The number of hydrogen-bond donors (Lipinski definition) is 1. The van der Waals surface area contributed by atoms with Crippen LogP contribution in [-0.4, -0.2) is 42.0 Å². The Balaban J connectivity index is 4.15. The average molecular weight is 305 g/mol. The maximum Gasteiger partial charge on any atom is 0.349 e. The lowest BCUT2D eigenvalue weighted by Gasteiger charge is -2.06. The van der Waals surface area contributed by atoms with Crippen molar-refractivity contribution in [1.82, 2.24) is 4.13 Å². The van der Waals surface area contributed by atoms with Gasteiger partial charge in [-0.05, 0) is 6.92 Å². The first-order valence-corrected chi connectivity index (χ1v) is 7.45. The smallest absolute Gasteiger partial charge is 0.349 e. The molecule has 0 spiro atoms. The zero-order valence-corrected chi connectivity index (χ0v) is 11.0. The van der Waals surface area contributed by atoms with Gasteiger partial charge in [0.15, 0.2) is 0 Å². The third-order valence-corrected chi connectivity index (χ3v) is 3.87. The van der Waals surface area contributed by atoms with Crippen LogP contribution in [0.2, 0.25) is 0 Å². The van der Waals surface area contributed by atoms with Crippen molar-refractivity contribution in [3.05, 3.63) is 12.2 Å². The first kappa shape index (κ1) is 17.0. The molecule has 11 heteroatoms. The first-order valence-electron chi connectivity index (χ1n) is 4.39. The summed E-state index contributed by atoms with van der Waals surface area (Å²) in [5, 5.41) is 0. The molecule has 0 radical (unpaired) electrons. The number of ether oxygens (including phenoxy) is 1. The lowest BCUT2D eigenvalue weighted by Crippen LogP contribution is -2.33. The zero-order chi connectivity index (χ0) is 14.4. The lowest BCUT2D eigenvalue weighted by molar-refractivity contribution is -0.139. The van der Waals surface area contributed by atoms with Gasteiger partial charge in [0, 0.05) is 5.57 Å². The molecule has 106 valence electrons. The number of sulfonamides is 1. The van der Waals surface area contributed by atoms with Gasteiger partial charge in [0.1, 0.15) is 13.2 Å². The highest BCUT2D eigenvalue weighted by molar-refractivity contribution is 8.02. The molecule has 0 aromatic rings. The minimum atomic E-state index is -4.66. The van der Waals surface area contributed by atoms with Crippen LogP contribution in [0.3, 0.4) is 0 Å². The molecule has 18 heavy (non-hydrogen) atoms. The van der Waals surface area contributed by atoms with Gasteiger partial charge in [-0.15, -0.1) is 0 Å². The molecule has 0 aliphatic carbocycles. The molecule has 0 bridgehead atoms. The Morgan fingerprint density at radius 3 is 2.28 bits per heavy atom. The molecule has 0 aliphatic heterocycles. The minimum Gasteiger partial charge on any atom is -0.460 e. The molecule has 0 atom stereocenters. The fraction of sp³-hybridized carbons (Fsp3) is 0.571. The van der Waals surface area contributed by atoms with E-state index in [1.54, 1.807) is 0 Å². The van der Waals surface area contributed by atoms with Crippen LogP contribution in [0.1, 0.15) is 6.92 Å². The van der Waals surface area contributed by atoms with Gasteiger partial charge >= 0.3 is 16.3 Å². The summed E-state index contributed by atoms with van der Waals surface area (Å²) in [6.45, 7) is 3.62. The van der Waals surface area contributed by atoms with Gasteiger partial charge in [-0.1, -0.05) is 10.7 Å². The van der Waals surface area contributed by atoms with Crippen LogP contribution in [0.4, 0.5) is 4.39 Å². The second kappa shape index (κ2) is 6.78. The van der Waals surface area contributed by atoms with Gasteiger partial charge in [0.05, 0.1) is 0 Å². The molecule has 0 aromatic heterocycles. The highest BCUT2D eigenvalue weighted by atomic mass is 32.3. The van der Waals surface area contributed by atoms with Gasteiger partial charge in [-0.25, -0.2) is 17.6 Å². The van der Waals surface area contributed by atoms with Crippen molar-refractivity contribution >= 4 is 26.3 Å². The molecule has 0 saturated carbocycles. The third kappa shape index (κ3) is 7.32. The number of alkyl halides is 1. The molecule has 0 fully saturated rings. The quantitative estimate of drug-likeness (QED) is 0.355. The monoisotopic (exact) mass is 305 g/mol. The summed E-state index contributed by atoms with van der Waals surface area (Å²) in [5.74, 6) is -0.750. The van der Waals surface area contributed by atoms with E-state index in [9.17, 15) is 26.0 Å². The van der Waals surface area contributed by atoms with Crippen molar-refractivity contribution in [3.8, 4) is 0 Å². The Bertz CT molecular complexity index is 510. The number of rotatable bonds is 8. The number of nitrogens with one attached hydrogen (secondary N) is 1. The second-order valence-corrected chi connectivity index (χ2v) is 6.26. The topological polar surface area (TPSA) is 116 Å². The molecular formula is C7H12FNO7S2. The van der Waals surface area contributed by atoms with Crippen LogP contribution in [-0.2, 0) is 34.0 Å². The molecule has 1 N–H and O–H groups in total. The Hall–Kier alpha value is -1.04. The number of carbonyl (C=O) groups is 1. The van der Waals surface area contributed by atoms with Crippen LogP contribution >= 0.6 is 0 Å². The Morgan fingerprint density at radius 2 is 1.83 bits per heavy atom. The van der Waals surface area contributed by atoms with E-state index in [2.05, 4.69) is 15.5 Å². The fourth-order valence-electron chi connectivity index (χ4n) is 0.603. The van der Waals surface area contributed by atoms with Crippen LogP contribution < -0.4 is 4.13 Å². The summed E-state index contributed by atoms with van der Waals surface area (Å²) in [6.07, 6.45) is 0. The van der Waals surface area contributed by atoms with Crippen LogP contribution in [0.25, 0.3) is 0 Å². The molecule has 0 aliphatic rings. The van der Waals surface area contributed by atoms with Crippen LogP contribution in [0, 0.1) is 0 Å². The zero-order valence-electron chi connectivity index (χ0n) is 9.38. The Morgan fingerprint density at radius 1 is 1.28 bits per heavy atom. The second-order valence-electron chi connectivity index (χ2n) is 3.00. The van der Waals surface area contributed by atoms with Crippen molar-refractivity contribution in [2.24, 2.45) is 0 Å². The standard InChI is InChI=1S/C7H12FNO7S2/c1-6(2)7(10)15-3-4-16-18(13,14)9-17(11,12)5-8/h9H,1,3-5H2,2H3. The van der Waals surface area contributed by atoms with Crippen molar-refractivity contribution in [2.75, 3.05) is 19.2 Å². The summed E-state index contributed by atoms with van der Waals surface area (Å²) < 4.78 is 64.5. The predicted octanol–water partition coefficient (Wildman–Crippen LogP) is -0.786. The fourth-order valence-corrected chi connectivity index (χ4v) is 2.51. The average Bonchev–Trinajstić information content (AvgIpc) is 2.22. The van der Waals surface area contributed by atoms with E-state index in [1.807, 2.05) is 0 Å². The number of esters is 1. The molecule has 0 heterocycles. The molecule has 8 nitrogen and oxygen atoms in total. The molecule has 0 unspecified atom stereocenters. The number of halogens is 1. The van der Waals surface area contributed by atoms with Gasteiger partial charge in [-0.2, -0.15) is 8.42 Å². The summed E-state index contributed by atoms with van der Waals surface area (Å²) >= 11 is 0. The third-order valence-electron chi connectivity index (χ3n) is 1.28. The molecular weight excluding hydrogens is 293 g/mol. The Labute approximate surface area is 104 Å². The minimum absolute atomic E-state index is 0.107. The van der Waals surface area contributed by atoms with Crippen LogP contribution in [0.5, 0.6) is 0 Å². The highest BCUT2D eigenvalue weighted by Gasteiger charge is 2.21. The van der Waals surface area contributed by atoms with Gasteiger partial charge in [0.25, 0.3) is 10.0 Å². The van der Waals surface area contributed by atoms with Crippen LogP contribution in [0.15, 0.2) is 12.2 Å². The van der Waals surface area contributed by atoms with Gasteiger partial charge < -0.3 is 4.74 Å². The maximum atomic E-state index is 11.8. The van der Waals surface area contributed by atoms with Gasteiger partial charge in [0.2, 0.25) is 6.01 Å². The van der Waals surface area contributed by atoms with Crippen molar-refractivity contribution in [1.29, 1.82) is 0 Å². The van der Waals surface area contributed by atoms with E-state index < -0.39 is 45.5 Å². The SMILES string of the molecule is C=C(C)C(=O)OCCOS(=O)(=O)NS(=O)(=O)CF. The maximum absolute atomic E-state index is 11.8. The van der Waals surface area contributed by atoms with E-state index in [0.29, 0.717) is 0 Å². The highest BCUT2D eigenvalue weighted by Crippen LogP contribution is 1.96. The molecule has 0 aromatic carbocycles. The Kier molecular flexibility index (Phi) is 6.38. The first-order chi connectivity index (χ1) is 8.09. The summed E-state index contributed by atoms with van der Waals surface area (Å²) in [6, 6.07) is -1.90. The summed E-state index contributed by atoms with van der Waals surface area (Å²) in [4.78, 5) is 10.9. The lowest BCUT2D eigenvalue weighted by atomic mass is 10.4.